The molecule has 1 aromatic carbocycles. The lowest BCUT2D eigenvalue weighted by atomic mass is 10.1. The number of nitro benzene ring substituents is 1. The van der Waals surface area contributed by atoms with Crippen LogP contribution in [0.4, 0.5) is 11.4 Å². The molecule has 19 heavy (non-hydrogen) atoms. The molecule has 4 nitrogen and oxygen atoms in total. The molecule has 0 saturated carbocycles. The molecule has 0 aliphatic rings. The van der Waals surface area contributed by atoms with E-state index in [1.165, 1.54) is 9.75 Å². The van der Waals surface area contributed by atoms with Crippen molar-refractivity contribution in [2.75, 3.05) is 5.32 Å². The summed E-state index contributed by atoms with van der Waals surface area (Å²) < 4.78 is 0. The van der Waals surface area contributed by atoms with Gasteiger partial charge in [0.2, 0.25) is 0 Å². The van der Waals surface area contributed by atoms with E-state index in [4.69, 9.17) is 0 Å². The average Bonchev–Trinajstić information content (AvgIpc) is 2.73. The van der Waals surface area contributed by atoms with E-state index >= 15 is 0 Å². The van der Waals surface area contributed by atoms with Crippen LogP contribution in [-0.2, 0) is 6.54 Å². The normalized spacial score (nSPS) is 10.5. The lowest BCUT2D eigenvalue weighted by Crippen LogP contribution is -2.01. The molecule has 0 bridgehead atoms. The van der Waals surface area contributed by atoms with Gasteiger partial charge >= 0.3 is 0 Å². The van der Waals surface area contributed by atoms with E-state index in [0.717, 1.165) is 11.3 Å². The second-order valence-corrected chi connectivity index (χ2v) is 5.95. The highest BCUT2D eigenvalue weighted by Gasteiger charge is 2.13. The molecular weight excluding hydrogens is 260 g/mol. The predicted molar refractivity (Wildman–Crippen MR) is 79.0 cm³/mol. The van der Waals surface area contributed by atoms with Crippen LogP contribution in [0.5, 0.6) is 0 Å². The Balaban J connectivity index is 2.20. The third-order valence-electron chi connectivity index (χ3n) is 2.99. The van der Waals surface area contributed by atoms with Crippen molar-refractivity contribution in [1.82, 2.24) is 0 Å². The lowest BCUT2D eigenvalue weighted by Gasteiger charge is -2.09. The Kier molecular flexibility index (Phi) is 3.85. The summed E-state index contributed by atoms with van der Waals surface area (Å²) in [5.74, 6) is 0. The Morgan fingerprint density at radius 3 is 2.53 bits per heavy atom. The van der Waals surface area contributed by atoms with Crippen molar-refractivity contribution in [3.63, 3.8) is 0 Å². The van der Waals surface area contributed by atoms with Crippen LogP contribution in [0.1, 0.15) is 20.9 Å². The number of benzene rings is 1. The van der Waals surface area contributed by atoms with E-state index in [9.17, 15) is 10.1 Å². The largest absolute Gasteiger partial charge is 0.380 e. The van der Waals surface area contributed by atoms with E-state index in [0.29, 0.717) is 12.1 Å². The molecule has 0 aliphatic carbocycles. The summed E-state index contributed by atoms with van der Waals surface area (Å²) in [6.45, 7) is 6.48. The molecule has 1 aromatic heterocycles. The molecule has 2 rings (SSSR count). The van der Waals surface area contributed by atoms with Crippen LogP contribution in [0.3, 0.4) is 0 Å². The van der Waals surface area contributed by atoms with Gasteiger partial charge in [0.1, 0.15) is 0 Å². The van der Waals surface area contributed by atoms with Gasteiger partial charge < -0.3 is 5.32 Å². The zero-order chi connectivity index (χ0) is 14.0. The lowest BCUT2D eigenvalue weighted by molar-refractivity contribution is -0.385. The van der Waals surface area contributed by atoms with Crippen LogP contribution in [0.2, 0.25) is 0 Å². The van der Waals surface area contributed by atoms with E-state index in [1.807, 2.05) is 13.0 Å². The molecule has 0 saturated heterocycles. The topological polar surface area (TPSA) is 55.2 Å². The fourth-order valence-electron chi connectivity index (χ4n) is 1.99. The van der Waals surface area contributed by atoms with Crippen LogP contribution in [0, 0.1) is 30.9 Å². The minimum Gasteiger partial charge on any atom is -0.380 e. The number of rotatable bonds is 4. The summed E-state index contributed by atoms with van der Waals surface area (Å²) in [5.41, 5.74) is 2.70. The van der Waals surface area contributed by atoms with E-state index in [1.54, 1.807) is 24.3 Å². The molecule has 0 amide bonds. The maximum atomic E-state index is 10.9. The predicted octanol–water partition coefficient (Wildman–Crippen LogP) is 4.19. The van der Waals surface area contributed by atoms with Gasteiger partial charge in [-0.3, -0.25) is 10.1 Å². The van der Waals surface area contributed by atoms with Gasteiger partial charge in [0, 0.05) is 33.6 Å². The molecule has 2 aromatic rings. The number of nitrogens with zero attached hydrogens (tertiary/aromatic N) is 1. The van der Waals surface area contributed by atoms with Crippen molar-refractivity contribution < 1.29 is 4.92 Å². The third-order valence-corrected chi connectivity index (χ3v) is 3.99. The zero-order valence-corrected chi connectivity index (χ0v) is 12.0. The van der Waals surface area contributed by atoms with Crippen molar-refractivity contribution in [3.8, 4) is 0 Å². The van der Waals surface area contributed by atoms with Crippen molar-refractivity contribution in [2.24, 2.45) is 0 Å². The summed E-state index contributed by atoms with van der Waals surface area (Å²) in [4.78, 5) is 13.1. The zero-order valence-electron chi connectivity index (χ0n) is 11.2. The second kappa shape index (κ2) is 5.40. The first-order chi connectivity index (χ1) is 8.97. The van der Waals surface area contributed by atoms with Gasteiger partial charge in [-0.15, -0.1) is 11.3 Å². The molecule has 0 atom stereocenters. The number of anilines is 1. The summed E-state index contributed by atoms with van der Waals surface area (Å²) >= 11 is 1.73. The van der Waals surface area contributed by atoms with E-state index < -0.39 is 0 Å². The molecule has 0 unspecified atom stereocenters. The van der Waals surface area contributed by atoms with Gasteiger partial charge in [-0.2, -0.15) is 0 Å². The highest BCUT2D eigenvalue weighted by atomic mass is 32.1. The Morgan fingerprint density at radius 2 is 1.95 bits per heavy atom. The fourth-order valence-corrected chi connectivity index (χ4v) is 2.82. The highest BCUT2D eigenvalue weighted by molar-refractivity contribution is 7.11. The molecule has 1 heterocycles. The monoisotopic (exact) mass is 276 g/mol. The van der Waals surface area contributed by atoms with Crippen LogP contribution in [-0.4, -0.2) is 4.92 Å². The van der Waals surface area contributed by atoms with Gasteiger partial charge in [0.25, 0.3) is 5.69 Å². The van der Waals surface area contributed by atoms with E-state index in [2.05, 4.69) is 24.4 Å². The summed E-state index contributed by atoms with van der Waals surface area (Å²) in [5, 5.41) is 14.2. The standard InChI is InChI=1S/C14H16N2O2S/c1-9-6-10(2)14(16(17)18)7-13(9)15-8-12-5-4-11(3)19-12/h4-7,15H,8H2,1-3H3. The van der Waals surface area contributed by atoms with Gasteiger partial charge in [0.15, 0.2) is 0 Å². The SMILES string of the molecule is Cc1ccc(CNc2cc([N+](=O)[O-])c(C)cc2C)s1. The van der Waals surface area contributed by atoms with Crippen LogP contribution < -0.4 is 5.32 Å². The molecule has 0 aliphatic heterocycles. The van der Waals surface area contributed by atoms with Crippen molar-refractivity contribution in [1.29, 1.82) is 0 Å². The van der Waals surface area contributed by atoms with Crippen LogP contribution in [0.25, 0.3) is 0 Å². The number of hydrogen-bond donors (Lipinski definition) is 1. The number of nitrogens with one attached hydrogen (secondary N) is 1. The van der Waals surface area contributed by atoms with E-state index in [-0.39, 0.29) is 10.6 Å². The van der Waals surface area contributed by atoms with Gasteiger partial charge in [-0.25, -0.2) is 0 Å². The number of thiophene rings is 1. The Hall–Kier alpha value is -1.88. The third kappa shape index (κ3) is 3.12. The summed E-state index contributed by atoms with van der Waals surface area (Å²) in [6, 6.07) is 7.61. The summed E-state index contributed by atoms with van der Waals surface area (Å²) in [6.07, 6.45) is 0. The van der Waals surface area contributed by atoms with Gasteiger partial charge in [0.05, 0.1) is 4.92 Å². The van der Waals surface area contributed by atoms with Crippen molar-refractivity contribution >= 4 is 22.7 Å². The van der Waals surface area contributed by atoms with Crippen molar-refractivity contribution in [3.05, 3.63) is 55.3 Å². The average molecular weight is 276 g/mol. The number of aryl methyl sites for hydroxylation is 3. The van der Waals surface area contributed by atoms with Gasteiger partial charge in [-0.05, 0) is 44.5 Å². The molecule has 0 spiro atoms. The van der Waals surface area contributed by atoms with Crippen LogP contribution >= 0.6 is 11.3 Å². The van der Waals surface area contributed by atoms with Crippen molar-refractivity contribution in [2.45, 2.75) is 27.3 Å². The Bertz CT molecular complexity index is 620. The number of hydrogen-bond acceptors (Lipinski definition) is 4. The highest BCUT2D eigenvalue weighted by Crippen LogP contribution is 2.27. The second-order valence-electron chi connectivity index (χ2n) is 4.58. The molecule has 5 heteroatoms. The molecule has 1 N–H and O–H groups in total. The molecule has 0 fully saturated rings. The Labute approximate surface area is 116 Å². The molecule has 100 valence electrons. The maximum Gasteiger partial charge on any atom is 0.274 e. The first kappa shape index (κ1) is 13.5. The minimum atomic E-state index is -0.338. The minimum absolute atomic E-state index is 0.162. The fraction of sp³-hybridized carbons (Fsp3) is 0.286. The Morgan fingerprint density at radius 1 is 1.21 bits per heavy atom. The molecule has 0 radical (unpaired) electrons. The number of nitro groups is 1. The maximum absolute atomic E-state index is 10.9. The van der Waals surface area contributed by atoms with Crippen LogP contribution in [0.15, 0.2) is 24.3 Å². The van der Waals surface area contributed by atoms with Gasteiger partial charge in [-0.1, -0.05) is 0 Å². The first-order valence-electron chi connectivity index (χ1n) is 6.02. The smallest absolute Gasteiger partial charge is 0.274 e. The quantitative estimate of drug-likeness (QED) is 0.672. The first-order valence-corrected chi connectivity index (χ1v) is 6.84. The molecular formula is C14H16N2O2S. The summed E-state index contributed by atoms with van der Waals surface area (Å²) in [7, 11) is 0.